The smallest absolute Gasteiger partial charge is 0.228 e. The minimum atomic E-state index is -1.14. The average Bonchev–Trinajstić information content (AvgIpc) is 3.08. The Morgan fingerprint density at radius 1 is 1.14 bits per heavy atom. The van der Waals surface area contributed by atoms with Gasteiger partial charge in [-0.1, -0.05) is 12.2 Å². The summed E-state index contributed by atoms with van der Waals surface area (Å²) in [7, 11) is 1.57. The SMILES string of the molecule is COc1ccc(NC(=O)[C@H]2[C@H](C(=O)[O-])[C@@H]3C=C[C@H]2C3)cc1. The molecule has 110 valence electrons. The molecule has 21 heavy (non-hydrogen) atoms. The summed E-state index contributed by atoms with van der Waals surface area (Å²) in [5.41, 5.74) is 0.629. The first-order valence-electron chi connectivity index (χ1n) is 6.94. The van der Waals surface area contributed by atoms with Gasteiger partial charge in [0, 0.05) is 17.6 Å². The summed E-state index contributed by atoms with van der Waals surface area (Å²) in [5, 5.41) is 14.1. The maximum Gasteiger partial charge on any atom is 0.228 e. The molecule has 4 atom stereocenters. The molecular formula is C16H16NO4-. The zero-order chi connectivity index (χ0) is 15.0. The molecule has 1 aromatic rings. The summed E-state index contributed by atoms with van der Waals surface area (Å²) in [6, 6.07) is 6.95. The number of carboxylic acid groups (broad SMARTS) is 1. The maximum atomic E-state index is 12.4. The predicted octanol–water partition coefficient (Wildman–Crippen LogP) is 0.822. The number of methoxy groups -OCH3 is 1. The van der Waals surface area contributed by atoms with E-state index < -0.39 is 17.8 Å². The third-order valence-corrected chi connectivity index (χ3v) is 4.39. The summed E-state index contributed by atoms with van der Waals surface area (Å²) in [6.45, 7) is 0. The number of fused-ring (bicyclic) bond motifs is 2. The van der Waals surface area contributed by atoms with E-state index in [1.165, 1.54) is 0 Å². The van der Waals surface area contributed by atoms with Gasteiger partial charge in [0.2, 0.25) is 5.91 Å². The number of rotatable bonds is 4. The van der Waals surface area contributed by atoms with Gasteiger partial charge in [0.05, 0.1) is 13.0 Å². The van der Waals surface area contributed by atoms with Crippen LogP contribution in [0.4, 0.5) is 5.69 Å². The third kappa shape index (κ3) is 2.39. The fourth-order valence-corrected chi connectivity index (χ4v) is 3.40. The average molecular weight is 286 g/mol. The van der Waals surface area contributed by atoms with Gasteiger partial charge in [0.25, 0.3) is 0 Å². The van der Waals surface area contributed by atoms with E-state index in [4.69, 9.17) is 4.74 Å². The third-order valence-electron chi connectivity index (χ3n) is 4.39. The van der Waals surface area contributed by atoms with Gasteiger partial charge in [-0.15, -0.1) is 0 Å². The number of benzene rings is 1. The van der Waals surface area contributed by atoms with Crippen molar-refractivity contribution in [2.24, 2.45) is 23.7 Å². The van der Waals surface area contributed by atoms with Crippen molar-refractivity contribution in [2.45, 2.75) is 6.42 Å². The van der Waals surface area contributed by atoms with Crippen molar-refractivity contribution in [3.05, 3.63) is 36.4 Å². The lowest BCUT2D eigenvalue weighted by molar-refractivity contribution is -0.313. The summed E-state index contributed by atoms with van der Waals surface area (Å²) < 4.78 is 5.05. The van der Waals surface area contributed by atoms with E-state index in [1.807, 2.05) is 12.2 Å². The molecule has 0 saturated heterocycles. The molecule has 0 spiro atoms. The van der Waals surface area contributed by atoms with E-state index in [9.17, 15) is 14.7 Å². The van der Waals surface area contributed by atoms with Crippen LogP contribution in [0.3, 0.4) is 0 Å². The molecule has 2 bridgehead atoms. The first kappa shape index (κ1) is 13.7. The normalized spacial score (nSPS) is 29.4. The van der Waals surface area contributed by atoms with Gasteiger partial charge in [0.15, 0.2) is 0 Å². The van der Waals surface area contributed by atoms with Crippen molar-refractivity contribution in [1.29, 1.82) is 0 Å². The second-order valence-corrected chi connectivity index (χ2v) is 5.54. The number of hydrogen-bond donors (Lipinski definition) is 1. The molecular weight excluding hydrogens is 270 g/mol. The largest absolute Gasteiger partial charge is 0.550 e. The van der Waals surface area contributed by atoms with Crippen LogP contribution in [-0.4, -0.2) is 19.0 Å². The Morgan fingerprint density at radius 3 is 2.33 bits per heavy atom. The Kier molecular flexibility index (Phi) is 3.41. The molecule has 3 rings (SSSR count). The van der Waals surface area contributed by atoms with E-state index >= 15 is 0 Å². The van der Waals surface area contributed by atoms with Crippen LogP contribution < -0.4 is 15.2 Å². The number of amides is 1. The fraction of sp³-hybridized carbons (Fsp3) is 0.375. The van der Waals surface area contributed by atoms with Crippen LogP contribution >= 0.6 is 0 Å². The standard InChI is InChI=1S/C16H17NO4/c1-21-12-6-4-11(5-7-12)17-15(18)13-9-2-3-10(8-9)14(13)16(19)20/h2-7,9-10,13-14H,8H2,1H3,(H,17,18)(H,19,20)/p-1/t9-,10+,13+,14+/m0/s1. The van der Waals surface area contributed by atoms with E-state index in [1.54, 1.807) is 31.4 Å². The number of nitrogens with one attached hydrogen (secondary N) is 1. The van der Waals surface area contributed by atoms with Crippen molar-refractivity contribution in [3.63, 3.8) is 0 Å². The molecule has 0 unspecified atom stereocenters. The summed E-state index contributed by atoms with van der Waals surface area (Å²) in [5.74, 6) is -2.05. The highest BCUT2D eigenvalue weighted by molar-refractivity contribution is 5.96. The second-order valence-electron chi connectivity index (χ2n) is 5.54. The molecule has 0 heterocycles. The topological polar surface area (TPSA) is 78.5 Å². The van der Waals surface area contributed by atoms with Crippen molar-refractivity contribution in [1.82, 2.24) is 0 Å². The lowest BCUT2D eigenvalue weighted by Crippen LogP contribution is -2.42. The van der Waals surface area contributed by atoms with Crippen LogP contribution in [0.5, 0.6) is 5.75 Å². The quantitative estimate of drug-likeness (QED) is 0.831. The lowest BCUT2D eigenvalue weighted by atomic mass is 9.82. The fourth-order valence-electron chi connectivity index (χ4n) is 3.40. The van der Waals surface area contributed by atoms with E-state index in [2.05, 4.69) is 5.32 Å². The molecule has 0 radical (unpaired) electrons. The van der Waals surface area contributed by atoms with Crippen LogP contribution in [-0.2, 0) is 9.59 Å². The van der Waals surface area contributed by atoms with Crippen LogP contribution in [0.1, 0.15) is 6.42 Å². The zero-order valence-electron chi connectivity index (χ0n) is 11.6. The van der Waals surface area contributed by atoms with Crippen LogP contribution in [0, 0.1) is 23.7 Å². The highest BCUT2D eigenvalue weighted by Gasteiger charge is 2.48. The maximum absolute atomic E-state index is 12.4. The van der Waals surface area contributed by atoms with Gasteiger partial charge in [-0.2, -0.15) is 0 Å². The van der Waals surface area contributed by atoms with Crippen molar-refractivity contribution in [2.75, 3.05) is 12.4 Å². The van der Waals surface area contributed by atoms with Gasteiger partial charge in [-0.05, 0) is 42.5 Å². The van der Waals surface area contributed by atoms with Gasteiger partial charge >= 0.3 is 0 Å². The van der Waals surface area contributed by atoms with Crippen molar-refractivity contribution in [3.8, 4) is 5.75 Å². The predicted molar refractivity (Wildman–Crippen MR) is 74.3 cm³/mol. The first-order valence-corrected chi connectivity index (χ1v) is 6.94. The highest BCUT2D eigenvalue weighted by Crippen LogP contribution is 2.48. The molecule has 5 heteroatoms. The molecule has 2 aliphatic carbocycles. The number of allylic oxidation sites excluding steroid dienone is 2. The number of aliphatic carboxylic acids is 1. The number of ether oxygens (including phenoxy) is 1. The van der Waals surface area contributed by atoms with Gasteiger partial charge in [0.1, 0.15) is 5.75 Å². The van der Waals surface area contributed by atoms with E-state index in [0.29, 0.717) is 11.4 Å². The van der Waals surface area contributed by atoms with E-state index in [0.717, 1.165) is 6.42 Å². The monoisotopic (exact) mass is 286 g/mol. The van der Waals surface area contributed by atoms with Crippen LogP contribution in [0.2, 0.25) is 0 Å². The zero-order valence-corrected chi connectivity index (χ0v) is 11.6. The molecule has 1 amide bonds. The molecule has 2 aliphatic rings. The van der Waals surface area contributed by atoms with Crippen molar-refractivity contribution >= 4 is 17.6 Å². The number of hydrogen-bond acceptors (Lipinski definition) is 4. The van der Waals surface area contributed by atoms with E-state index in [-0.39, 0.29) is 17.7 Å². The van der Waals surface area contributed by atoms with Crippen molar-refractivity contribution < 1.29 is 19.4 Å². The number of carbonyl (C=O) groups is 2. The molecule has 1 N–H and O–H groups in total. The second kappa shape index (κ2) is 5.24. The number of carbonyl (C=O) groups excluding carboxylic acids is 2. The van der Waals surface area contributed by atoms with Gasteiger partial charge in [-0.3, -0.25) is 4.79 Å². The lowest BCUT2D eigenvalue weighted by Gasteiger charge is -2.27. The molecule has 1 saturated carbocycles. The molecule has 5 nitrogen and oxygen atoms in total. The highest BCUT2D eigenvalue weighted by atomic mass is 16.5. The number of carboxylic acids is 1. The Hall–Kier alpha value is -2.30. The molecule has 0 aromatic heterocycles. The van der Waals surface area contributed by atoms with Gasteiger partial charge < -0.3 is 20.0 Å². The van der Waals surface area contributed by atoms with Crippen LogP contribution in [0.25, 0.3) is 0 Å². The number of anilines is 1. The first-order chi connectivity index (χ1) is 10.1. The summed E-state index contributed by atoms with van der Waals surface area (Å²) in [6.07, 6.45) is 4.56. The Labute approximate surface area is 122 Å². The molecule has 1 aromatic carbocycles. The Balaban J connectivity index is 1.75. The van der Waals surface area contributed by atoms with Crippen LogP contribution in [0.15, 0.2) is 36.4 Å². The molecule has 0 aliphatic heterocycles. The Bertz CT molecular complexity index is 593. The minimum absolute atomic E-state index is 0.00357. The minimum Gasteiger partial charge on any atom is -0.550 e. The molecule has 1 fully saturated rings. The van der Waals surface area contributed by atoms with Gasteiger partial charge in [-0.25, -0.2) is 0 Å². The Morgan fingerprint density at radius 2 is 1.76 bits per heavy atom. The summed E-state index contributed by atoms with van der Waals surface area (Å²) in [4.78, 5) is 23.7. The summed E-state index contributed by atoms with van der Waals surface area (Å²) >= 11 is 0.